The average molecular weight is 435 g/mol. The lowest BCUT2D eigenvalue weighted by Gasteiger charge is -2.42. The first-order chi connectivity index (χ1) is 14.4. The van der Waals surface area contributed by atoms with Crippen LogP contribution in [0.15, 0.2) is 28.8 Å². The molecule has 2 N–H and O–H groups in total. The number of rotatable bonds is 9. The molecule has 2 heterocycles. The van der Waals surface area contributed by atoms with E-state index in [9.17, 15) is 9.59 Å². The zero-order valence-electron chi connectivity index (χ0n) is 17.1. The highest BCUT2D eigenvalue weighted by atomic mass is 35.5. The van der Waals surface area contributed by atoms with Crippen LogP contribution in [0, 0.1) is 5.41 Å². The number of likely N-dealkylation sites (tertiary alicyclic amines) is 1. The van der Waals surface area contributed by atoms with Gasteiger partial charge in [0.2, 0.25) is 17.7 Å². The third-order valence-corrected chi connectivity index (χ3v) is 5.52. The van der Waals surface area contributed by atoms with Crippen LogP contribution in [-0.4, -0.2) is 46.6 Å². The summed E-state index contributed by atoms with van der Waals surface area (Å²) in [5.41, 5.74) is 5.00. The maximum Gasteiger partial charge on any atom is 0.227 e. The molecule has 1 aliphatic rings. The van der Waals surface area contributed by atoms with Gasteiger partial charge in [0, 0.05) is 49.2 Å². The first kappa shape index (κ1) is 22.1. The Labute approximate surface area is 180 Å². The van der Waals surface area contributed by atoms with Crippen molar-refractivity contribution in [1.29, 1.82) is 0 Å². The van der Waals surface area contributed by atoms with Crippen LogP contribution in [0.25, 0.3) is 0 Å². The molecule has 1 fully saturated rings. The Kier molecular flexibility index (Phi) is 7.31. The largest absolute Gasteiger partial charge is 0.493 e. The van der Waals surface area contributed by atoms with Gasteiger partial charge in [-0.05, 0) is 31.0 Å². The van der Waals surface area contributed by atoms with Gasteiger partial charge in [0.1, 0.15) is 5.75 Å². The molecule has 30 heavy (non-hydrogen) atoms. The summed E-state index contributed by atoms with van der Waals surface area (Å²) >= 11 is 6.02. The minimum Gasteiger partial charge on any atom is -0.493 e. The van der Waals surface area contributed by atoms with Gasteiger partial charge in [0.05, 0.1) is 6.61 Å². The second kappa shape index (κ2) is 9.93. The lowest BCUT2D eigenvalue weighted by atomic mass is 9.77. The van der Waals surface area contributed by atoms with Gasteiger partial charge in [0.15, 0.2) is 5.82 Å². The molecule has 2 amide bonds. The van der Waals surface area contributed by atoms with Crippen LogP contribution < -0.4 is 10.5 Å². The number of hydrogen-bond acceptors (Lipinski definition) is 6. The zero-order chi connectivity index (χ0) is 21.6. The zero-order valence-corrected chi connectivity index (χ0v) is 17.9. The summed E-state index contributed by atoms with van der Waals surface area (Å²) in [5, 5.41) is 4.43. The van der Waals surface area contributed by atoms with Gasteiger partial charge in [0.25, 0.3) is 0 Å². The molecule has 1 aromatic heterocycles. The molecule has 8 nitrogen and oxygen atoms in total. The standard InChI is InChI=1S/C21H27ClN4O4/c1-2-18-24-19(30-25-18)7-8-20(28)26-10-4-9-21(13-26,12-17(23)27)14-29-16-6-3-5-15(22)11-16/h3,5-6,11H,2,4,7-10,12-14H2,1H3,(H2,23,27). The topological polar surface area (TPSA) is 112 Å². The van der Waals surface area contributed by atoms with Crippen molar-refractivity contribution in [2.75, 3.05) is 19.7 Å². The number of ether oxygens (including phenoxy) is 1. The van der Waals surface area contributed by atoms with E-state index in [2.05, 4.69) is 10.1 Å². The first-order valence-electron chi connectivity index (χ1n) is 10.1. The highest BCUT2D eigenvalue weighted by Crippen LogP contribution is 2.35. The number of piperidine rings is 1. The second-order valence-electron chi connectivity index (χ2n) is 7.77. The minimum absolute atomic E-state index is 0.0115. The van der Waals surface area contributed by atoms with E-state index in [1.54, 1.807) is 23.1 Å². The van der Waals surface area contributed by atoms with Gasteiger partial charge in [-0.2, -0.15) is 4.98 Å². The maximum absolute atomic E-state index is 12.8. The van der Waals surface area contributed by atoms with E-state index in [0.717, 1.165) is 12.8 Å². The van der Waals surface area contributed by atoms with Crippen molar-refractivity contribution in [1.82, 2.24) is 15.0 Å². The van der Waals surface area contributed by atoms with Crippen LogP contribution in [-0.2, 0) is 22.4 Å². The van der Waals surface area contributed by atoms with E-state index in [0.29, 0.717) is 48.4 Å². The number of aryl methyl sites for hydroxylation is 2. The Morgan fingerprint density at radius 1 is 1.40 bits per heavy atom. The van der Waals surface area contributed by atoms with Crippen molar-refractivity contribution in [3.63, 3.8) is 0 Å². The highest BCUT2D eigenvalue weighted by Gasteiger charge is 2.39. The number of amides is 2. The molecule has 0 spiro atoms. The number of aromatic nitrogens is 2. The molecule has 3 rings (SSSR count). The number of carbonyl (C=O) groups excluding carboxylic acids is 2. The molecule has 1 atom stereocenters. The number of nitrogens with zero attached hydrogens (tertiary/aromatic N) is 3. The summed E-state index contributed by atoms with van der Waals surface area (Å²) in [4.78, 5) is 30.6. The van der Waals surface area contributed by atoms with Gasteiger partial charge in [-0.15, -0.1) is 0 Å². The Balaban J connectivity index is 1.63. The van der Waals surface area contributed by atoms with Crippen LogP contribution in [0.5, 0.6) is 5.75 Å². The molecule has 0 bridgehead atoms. The summed E-state index contributed by atoms with van der Waals surface area (Å²) < 4.78 is 11.1. The Bertz CT molecular complexity index is 887. The van der Waals surface area contributed by atoms with E-state index < -0.39 is 11.3 Å². The fraction of sp³-hybridized carbons (Fsp3) is 0.524. The number of nitrogens with two attached hydrogens (primary N) is 1. The molecule has 1 saturated heterocycles. The maximum atomic E-state index is 12.8. The number of halogens is 1. The normalized spacial score (nSPS) is 18.9. The predicted molar refractivity (Wildman–Crippen MR) is 111 cm³/mol. The number of carbonyl (C=O) groups is 2. The van der Waals surface area contributed by atoms with E-state index in [1.165, 1.54) is 0 Å². The van der Waals surface area contributed by atoms with E-state index in [4.69, 9.17) is 26.6 Å². The lowest BCUT2D eigenvalue weighted by Crippen LogP contribution is -2.50. The fourth-order valence-electron chi connectivity index (χ4n) is 3.80. The summed E-state index contributed by atoms with van der Waals surface area (Å²) in [6.07, 6.45) is 3.03. The molecule has 1 aromatic carbocycles. The molecule has 1 aliphatic heterocycles. The third kappa shape index (κ3) is 5.95. The number of benzene rings is 1. The molecule has 0 saturated carbocycles. The predicted octanol–water partition coefficient (Wildman–Crippen LogP) is 2.78. The van der Waals surface area contributed by atoms with Crippen molar-refractivity contribution in [3.8, 4) is 5.75 Å². The lowest BCUT2D eigenvalue weighted by molar-refractivity contribution is -0.137. The van der Waals surface area contributed by atoms with Gasteiger partial charge in [-0.1, -0.05) is 29.7 Å². The second-order valence-corrected chi connectivity index (χ2v) is 8.20. The summed E-state index contributed by atoms with van der Waals surface area (Å²) in [5.74, 6) is 1.30. The molecular weight excluding hydrogens is 408 g/mol. The van der Waals surface area contributed by atoms with Gasteiger partial charge in [-0.25, -0.2) is 0 Å². The molecular formula is C21H27ClN4O4. The fourth-order valence-corrected chi connectivity index (χ4v) is 3.98. The van der Waals surface area contributed by atoms with E-state index in [1.807, 2.05) is 13.0 Å². The van der Waals surface area contributed by atoms with Gasteiger partial charge in [-0.3, -0.25) is 9.59 Å². The number of primary amides is 1. The van der Waals surface area contributed by atoms with Crippen LogP contribution >= 0.6 is 11.6 Å². The van der Waals surface area contributed by atoms with Crippen LogP contribution in [0.4, 0.5) is 0 Å². The van der Waals surface area contributed by atoms with Crippen molar-refractivity contribution in [2.45, 2.75) is 45.4 Å². The van der Waals surface area contributed by atoms with E-state index in [-0.39, 0.29) is 25.4 Å². The molecule has 162 valence electrons. The van der Waals surface area contributed by atoms with Crippen molar-refractivity contribution < 1.29 is 18.8 Å². The SMILES string of the molecule is CCc1noc(CCC(=O)N2CCCC(COc3cccc(Cl)c3)(CC(N)=O)C2)n1. The Hall–Kier alpha value is -2.61. The average Bonchev–Trinajstić information content (AvgIpc) is 3.18. The quantitative estimate of drug-likeness (QED) is 0.649. The van der Waals surface area contributed by atoms with Gasteiger partial charge >= 0.3 is 0 Å². The van der Waals surface area contributed by atoms with Crippen LogP contribution in [0.3, 0.4) is 0 Å². The minimum atomic E-state index is -0.526. The van der Waals surface area contributed by atoms with Crippen molar-refractivity contribution in [3.05, 3.63) is 41.0 Å². The smallest absolute Gasteiger partial charge is 0.227 e. The van der Waals surface area contributed by atoms with Crippen LogP contribution in [0.1, 0.15) is 44.3 Å². The molecule has 1 unspecified atom stereocenters. The summed E-state index contributed by atoms with van der Waals surface area (Å²) in [7, 11) is 0. The number of hydrogen-bond donors (Lipinski definition) is 1. The summed E-state index contributed by atoms with van der Waals surface area (Å²) in [6, 6.07) is 7.10. The molecule has 9 heteroatoms. The van der Waals surface area contributed by atoms with Crippen molar-refractivity contribution in [2.24, 2.45) is 11.1 Å². The monoisotopic (exact) mass is 434 g/mol. The molecule has 0 radical (unpaired) electrons. The Morgan fingerprint density at radius 2 is 2.23 bits per heavy atom. The molecule has 2 aromatic rings. The highest BCUT2D eigenvalue weighted by molar-refractivity contribution is 6.30. The van der Waals surface area contributed by atoms with Crippen molar-refractivity contribution >= 4 is 23.4 Å². The first-order valence-corrected chi connectivity index (χ1v) is 10.5. The van der Waals surface area contributed by atoms with Crippen LogP contribution in [0.2, 0.25) is 5.02 Å². The van der Waals surface area contributed by atoms with E-state index >= 15 is 0 Å². The summed E-state index contributed by atoms with van der Waals surface area (Å²) in [6.45, 7) is 3.28. The molecule has 0 aliphatic carbocycles. The third-order valence-electron chi connectivity index (χ3n) is 5.28. The Morgan fingerprint density at radius 3 is 2.93 bits per heavy atom. The van der Waals surface area contributed by atoms with Gasteiger partial charge < -0.3 is 19.9 Å².